The van der Waals surface area contributed by atoms with Gasteiger partial charge < -0.3 is 14.8 Å². The van der Waals surface area contributed by atoms with Crippen molar-refractivity contribution in [2.45, 2.75) is 25.0 Å². The standard InChI is InChI=1S/C29H29N3O5S/c1-3-37-28(35)21-9-11-22(12-10-21)30-27(34)25-19-26(33)32(18-17-20-7-5-4-6-8-20)29(38-25)31-23-13-15-24(36-2)16-14-23/h4-16,25H,3,17-19H2,1-2H3,(H,30,34). The van der Waals surface area contributed by atoms with Gasteiger partial charge in [0.1, 0.15) is 11.0 Å². The van der Waals surface area contributed by atoms with Gasteiger partial charge in [0, 0.05) is 18.7 Å². The fourth-order valence-corrected chi connectivity index (χ4v) is 4.97. The number of carbonyl (C=O) groups is 3. The smallest absolute Gasteiger partial charge is 0.338 e. The van der Waals surface area contributed by atoms with Crippen molar-refractivity contribution in [3.8, 4) is 5.75 Å². The van der Waals surface area contributed by atoms with E-state index in [1.165, 1.54) is 11.8 Å². The molecular formula is C29H29N3O5S. The maximum atomic E-state index is 13.2. The van der Waals surface area contributed by atoms with Crippen LogP contribution in [0.1, 0.15) is 29.3 Å². The average molecular weight is 532 g/mol. The predicted molar refractivity (Wildman–Crippen MR) is 149 cm³/mol. The Hall–Kier alpha value is -4.11. The average Bonchev–Trinajstić information content (AvgIpc) is 2.94. The van der Waals surface area contributed by atoms with E-state index in [1.54, 1.807) is 67.5 Å². The zero-order valence-corrected chi connectivity index (χ0v) is 22.1. The second kappa shape index (κ2) is 12.9. The molecule has 9 heteroatoms. The fraction of sp³-hybridized carbons (Fsp3) is 0.241. The van der Waals surface area contributed by atoms with Crippen LogP contribution >= 0.6 is 11.8 Å². The first-order chi connectivity index (χ1) is 18.5. The Morgan fingerprint density at radius 1 is 1.03 bits per heavy atom. The third-order valence-electron chi connectivity index (χ3n) is 5.86. The van der Waals surface area contributed by atoms with E-state index in [-0.39, 0.29) is 24.8 Å². The number of amides is 2. The number of hydrogen-bond acceptors (Lipinski definition) is 7. The van der Waals surface area contributed by atoms with E-state index >= 15 is 0 Å². The molecule has 1 saturated heterocycles. The van der Waals surface area contributed by atoms with Crippen LogP contribution in [0.4, 0.5) is 11.4 Å². The minimum atomic E-state index is -0.655. The minimum absolute atomic E-state index is 0.0494. The molecule has 1 aliphatic heterocycles. The molecule has 2 amide bonds. The SMILES string of the molecule is CCOC(=O)c1ccc(NC(=O)C2CC(=O)N(CCc3ccccc3)C(=Nc3ccc(OC)cc3)S2)cc1. The molecule has 1 unspecified atom stereocenters. The van der Waals surface area contributed by atoms with Crippen LogP contribution in [-0.2, 0) is 20.7 Å². The number of anilines is 1. The Kier molecular flexibility index (Phi) is 9.16. The van der Waals surface area contributed by atoms with Crippen molar-refractivity contribution < 1.29 is 23.9 Å². The zero-order chi connectivity index (χ0) is 26.9. The van der Waals surface area contributed by atoms with Gasteiger partial charge in [-0.25, -0.2) is 9.79 Å². The summed E-state index contributed by atoms with van der Waals surface area (Å²) in [5.41, 5.74) is 2.69. The van der Waals surface area contributed by atoms with E-state index in [2.05, 4.69) is 5.32 Å². The van der Waals surface area contributed by atoms with E-state index in [1.807, 2.05) is 30.3 Å². The second-order valence-electron chi connectivity index (χ2n) is 8.47. The lowest BCUT2D eigenvalue weighted by Gasteiger charge is -2.32. The lowest BCUT2D eigenvalue weighted by atomic mass is 10.1. The number of nitrogens with one attached hydrogen (secondary N) is 1. The number of rotatable bonds is 9. The first kappa shape index (κ1) is 26.9. The summed E-state index contributed by atoms with van der Waals surface area (Å²) in [5.74, 6) is -0.190. The van der Waals surface area contributed by atoms with Gasteiger partial charge in [-0.15, -0.1) is 0 Å². The van der Waals surface area contributed by atoms with Crippen LogP contribution in [0.5, 0.6) is 5.75 Å². The highest BCUT2D eigenvalue weighted by molar-refractivity contribution is 8.15. The predicted octanol–water partition coefficient (Wildman–Crippen LogP) is 5.07. The molecule has 3 aromatic carbocycles. The van der Waals surface area contributed by atoms with Gasteiger partial charge in [0.15, 0.2) is 5.17 Å². The highest BCUT2D eigenvalue weighted by Gasteiger charge is 2.35. The molecule has 0 saturated carbocycles. The summed E-state index contributed by atoms with van der Waals surface area (Å²) in [4.78, 5) is 44.6. The molecule has 1 heterocycles. The van der Waals surface area contributed by atoms with Crippen LogP contribution in [0.3, 0.4) is 0 Å². The molecule has 1 N–H and O–H groups in total. The van der Waals surface area contributed by atoms with Crippen LogP contribution in [0.2, 0.25) is 0 Å². The molecule has 1 aliphatic rings. The van der Waals surface area contributed by atoms with Gasteiger partial charge in [0.2, 0.25) is 11.8 Å². The number of benzene rings is 3. The summed E-state index contributed by atoms with van der Waals surface area (Å²) < 4.78 is 10.2. The number of aliphatic imine (C=N–C) groups is 1. The molecule has 38 heavy (non-hydrogen) atoms. The van der Waals surface area contributed by atoms with Gasteiger partial charge in [-0.05, 0) is 67.4 Å². The number of amidine groups is 1. The van der Waals surface area contributed by atoms with Gasteiger partial charge in [-0.2, -0.15) is 0 Å². The van der Waals surface area contributed by atoms with Crippen molar-refractivity contribution in [2.24, 2.45) is 4.99 Å². The van der Waals surface area contributed by atoms with Gasteiger partial charge in [0.05, 0.1) is 25.0 Å². The Morgan fingerprint density at radius 3 is 2.39 bits per heavy atom. The molecule has 0 bridgehead atoms. The Bertz CT molecular complexity index is 1290. The number of ether oxygens (including phenoxy) is 2. The number of thioether (sulfide) groups is 1. The van der Waals surface area contributed by atoms with Gasteiger partial charge in [-0.3, -0.25) is 14.5 Å². The van der Waals surface area contributed by atoms with E-state index in [0.717, 1.165) is 5.56 Å². The third-order valence-corrected chi connectivity index (χ3v) is 7.05. The topological polar surface area (TPSA) is 97.3 Å². The second-order valence-corrected chi connectivity index (χ2v) is 9.64. The molecule has 0 aliphatic carbocycles. The van der Waals surface area contributed by atoms with E-state index in [0.29, 0.717) is 40.8 Å². The lowest BCUT2D eigenvalue weighted by Crippen LogP contribution is -2.46. The number of hydrogen-bond donors (Lipinski definition) is 1. The summed E-state index contributed by atoms with van der Waals surface area (Å²) in [7, 11) is 1.59. The molecule has 4 rings (SSSR count). The molecule has 3 aromatic rings. The van der Waals surface area contributed by atoms with Crippen LogP contribution < -0.4 is 10.1 Å². The van der Waals surface area contributed by atoms with Crippen molar-refractivity contribution in [3.05, 3.63) is 90.0 Å². The summed E-state index contributed by atoms with van der Waals surface area (Å²) in [6, 6.07) is 23.6. The molecule has 196 valence electrons. The molecule has 1 atom stereocenters. The van der Waals surface area contributed by atoms with E-state index in [4.69, 9.17) is 14.5 Å². The van der Waals surface area contributed by atoms with Crippen molar-refractivity contribution in [3.63, 3.8) is 0 Å². The van der Waals surface area contributed by atoms with E-state index in [9.17, 15) is 14.4 Å². The number of carbonyl (C=O) groups excluding carboxylic acids is 3. The Morgan fingerprint density at radius 2 is 1.74 bits per heavy atom. The first-order valence-electron chi connectivity index (χ1n) is 12.3. The van der Waals surface area contributed by atoms with Crippen LogP contribution in [0.15, 0.2) is 83.9 Å². The molecule has 0 radical (unpaired) electrons. The third kappa shape index (κ3) is 7.01. The van der Waals surface area contributed by atoms with Crippen molar-refractivity contribution in [1.29, 1.82) is 0 Å². The molecule has 8 nitrogen and oxygen atoms in total. The number of nitrogens with zero attached hydrogens (tertiary/aromatic N) is 2. The quantitative estimate of drug-likeness (QED) is 0.387. The maximum Gasteiger partial charge on any atom is 0.338 e. The molecule has 1 fully saturated rings. The highest BCUT2D eigenvalue weighted by Crippen LogP contribution is 2.30. The maximum absolute atomic E-state index is 13.2. The lowest BCUT2D eigenvalue weighted by molar-refractivity contribution is -0.129. The van der Waals surface area contributed by atoms with Gasteiger partial charge in [-0.1, -0.05) is 42.1 Å². The normalized spacial score (nSPS) is 16.3. The van der Waals surface area contributed by atoms with E-state index < -0.39 is 11.2 Å². The van der Waals surface area contributed by atoms with Crippen LogP contribution in [0, 0.1) is 0 Å². The monoisotopic (exact) mass is 531 g/mol. The molecule has 0 spiro atoms. The minimum Gasteiger partial charge on any atom is -0.497 e. The molecule has 0 aromatic heterocycles. The van der Waals surface area contributed by atoms with Gasteiger partial charge in [0.25, 0.3) is 0 Å². The number of esters is 1. The Balaban J connectivity index is 1.50. The van der Waals surface area contributed by atoms with Crippen molar-refractivity contribution in [1.82, 2.24) is 4.90 Å². The summed E-state index contributed by atoms with van der Waals surface area (Å²) in [6.07, 6.45) is 0.715. The first-order valence-corrected chi connectivity index (χ1v) is 13.2. The van der Waals surface area contributed by atoms with Crippen LogP contribution in [-0.4, -0.2) is 53.4 Å². The van der Waals surface area contributed by atoms with Crippen LogP contribution in [0.25, 0.3) is 0 Å². The summed E-state index contributed by atoms with van der Waals surface area (Å²) in [6.45, 7) is 2.48. The summed E-state index contributed by atoms with van der Waals surface area (Å²) in [5, 5.41) is 2.67. The fourth-order valence-electron chi connectivity index (χ4n) is 3.84. The largest absolute Gasteiger partial charge is 0.497 e. The Labute approximate surface area is 226 Å². The number of methoxy groups -OCH3 is 1. The van der Waals surface area contributed by atoms with Gasteiger partial charge >= 0.3 is 5.97 Å². The summed E-state index contributed by atoms with van der Waals surface area (Å²) >= 11 is 1.26. The zero-order valence-electron chi connectivity index (χ0n) is 21.3. The van der Waals surface area contributed by atoms with Crippen molar-refractivity contribution >= 4 is 46.1 Å². The van der Waals surface area contributed by atoms with Crippen molar-refractivity contribution in [2.75, 3.05) is 25.6 Å². The highest BCUT2D eigenvalue weighted by atomic mass is 32.2. The molecular weight excluding hydrogens is 502 g/mol.